The van der Waals surface area contributed by atoms with Crippen molar-refractivity contribution in [1.82, 2.24) is 0 Å². The molecule has 0 saturated heterocycles. The lowest BCUT2D eigenvalue weighted by Crippen LogP contribution is -1.71. The minimum Gasteiger partial charge on any atom is -0.192 e. The SMILES string of the molecule is N#Cc1ccc2sc(I)c(Cl)c2c1. The molecule has 4 heteroatoms. The molecule has 0 fully saturated rings. The molecule has 0 aliphatic carbocycles. The fourth-order valence-electron chi connectivity index (χ4n) is 1.11. The van der Waals surface area contributed by atoms with Gasteiger partial charge in [-0.15, -0.1) is 11.3 Å². The van der Waals surface area contributed by atoms with E-state index in [9.17, 15) is 0 Å². The van der Waals surface area contributed by atoms with Crippen LogP contribution in [0.4, 0.5) is 0 Å². The Bertz CT molecular complexity index is 512. The van der Waals surface area contributed by atoms with Crippen molar-refractivity contribution in [2.75, 3.05) is 0 Å². The second-order valence-electron chi connectivity index (χ2n) is 2.51. The summed E-state index contributed by atoms with van der Waals surface area (Å²) in [5.74, 6) is 0. The molecule has 0 spiro atoms. The number of benzene rings is 1. The van der Waals surface area contributed by atoms with Crippen LogP contribution in [-0.2, 0) is 0 Å². The van der Waals surface area contributed by atoms with Gasteiger partial charge in [0.1, 0.15) is 0 Å². The van der Waals surface area contributed by atoms with Gasteiger partial charge in [0.2, 0.25) is 0 Å². The van der Waals surface area contributed by atoms with Crippen molar-refractivity contribution in [2.24, 2.45) is 0 Å². The molecule has 0 N–H and O–H groups in total. The van der Waals surface area contributed by atoms with E-state index in [4.69, 9.17) is 16.9 Å². The van der Waals surface area contributed by atoms with Gasteiger partial charge in [-0.1, -0.05) is 11.6 Å². The average molecular weight is 320 g/mol. The summed E-state index contributed by atoms with van der Waals surface area (Å²) in [4.78, 5) is 0. The molecule has 13 heavy (non-hydrogen) atoms. The number of nitrogens with zero attached hydrogens (tertiary/aromatic N) is 1. The van der Waals surface area contributed by atoms with Crippen LogP contribution in [0.15, 0.2) is 18.2 Å². The van der Waals surface area contributed by atoms with Crippen LogP contribution < -0.4 is 0 Å². The molecule has 1 nitrogen and oxygen atoms in total. The number of rotatable bonds is 0. The minimum atomic E-state index is 0.656. The normalized spacial score (nSPS) is 10.2. The number of nitriles is 1. The van der Waals surface area contributed by atoms with E-state index < -0.39 is 0 Å². The monoisotopic (exact) mass is 319 g/mol. The summed E-state index contributed by atoms with van der Waals surface area (Å²) in [6.45, 7) is 0. The van der Waals surface area contributed by atoms with Crippen LogP contribution >= 0.6 is 45.5 Å². The third-order valence-electron chi connectivity index (χ3n) is 1.72. The third kappa shape index (κ3) is 1.54. The number of hydrogen-bond acceptors (Lipinski definition) is 2. The Morgan fingerprint density at radius 2 is 2.23 bits per heavy atom. The number of thiophene rings is 1. The molecule has 0 atom stereocenters. The van der Waals surface area contributed by atoms with Crippen molar-refractivity contribution in [3.63, 3.8) is 0 Å². The minimum absolute atomic E-state index is 0.656. The molecule has 2 rings (SSSR count). The quantitative estimate of drug-likeness (QED) is 0.673. The van der Waals surface area contributed by atoms with Gasteiger partial charge < -0.3 is 0 Å². The zero-order chi connectivity index (χ0) is 9.42. The largest absolute Gasteiger partial charge is 0.192 e. The summed E-state index contributed by atoms with van der Waals surface area (Å²) in [6.07, 6.45) is 0. The van der Waals surface area contributed by atoms with Crippen molar-refractivity contribution in [2.45, 2.75) is 0 Å². The maximum absolute atomic E-state index is 8.70. The van der Waals surface area contributed by atoms with Crippen molar-refractivity contribution < 1.29 is 0 Å². The number of halogens is 2. The molecule has 1 aromatic heterocycles. The van der Waals surface area contributed by atoms with Crippen molar-refractivity contribution >= 4 is 55.6 Å². The van der Waals surface area contributed by atoms with E-state index in [0.29, 0.717) is 5.56 Å². The van der Waals surface area contributed by atoms with Gasteiger partial charge in [0.25, 0.3) is 0 Å². The van der Waals surface area contributed by atoms with Crippen molar-refractivity contribution in [1.29, 1.82) is 5.26 Å². The van der Waals surface area contributed by atoms with Gasteiger partial charge in [-0.3, -0.25) is 0 Å². The maximum atomic E-state index is 8.70. The van der Waals surface area contributed by atoms with Crippen LogP contribution in [0.25, 0.3) is 10.1 Å². The van der Waals surface area contributed by atoms with E-state index >= 15 is 0 Å². The topological polar surface area (TPSA) is 23.8 Å². The van der Waals surface area contributed by atoms with E-state index in [1.807, 2.05) is 18.2 Å². The molecule has 0 amide bonds. The lowest BCUT2D eigenvalue weighted by atomic mass is 10.2. The standard InChI is InChI=1S/C9H3ClINS/c10-8-6-3-5(4-12)1-2-7(6)13-9(8)11/h1-3H. The highest BCUT2D eigenvalue weighted by Crippen LogP contribution is 2.36. The molecule has 0 radical (unpaired) electrons. The average Bonchev–Trinajstić information content (AvgIpc) is 2.43. The summed E-state index contributed by atoms with van der Waals surface area (Å²) < 4.78 is 2.21. The molecule has 0 aliphatic heterocycles. The fourth-order valence-corrected chi connectivity index (χ4v) is 3.24. The van der Waals surface area contributed by atoms with Crippen LogP contribution in [0.2, 0.25) is 5.02 Å². The van der Waals surface area contributed by atoms with Crippen LogP contribution in [0.3, 0.4) is 0 Å². The van der Waals surface area contributed by atoms with E-state index in [1.165, 1.54) is 0 Å². The van der Waals surface area contributed by atoms with Gasteiger partial charge in [-0.2, -0.15) is 5.26 Å². The van der Waals surface area contributed by atoms with E-state index in [0.717, 1.165) is 18.0 Å². The number of hydrogen-bond donors (Lipinski definition) is 0. The van der Waals surface area contributed by atoms with Crippen LogP contribution in [0.5, 0.6) is 0 Å². The summed E-state index contributed by atoms with van der Waals surface area (Å²) in [6, 6.07) is 7.68. The smallest absolute Gasteiger partial charge is 0.0991 e. The van der Waals surface area contributed by atoms with Crippen molar-refractivity contribution in [3.05, 3.63) is 31.7 Å². The Morgan fingerprint density at radius 1 is 1.46 bits per heavy atom. The van der Waals surface area contributed by atoms with Crippen LogP contribution in [-0.4, -0.2) is 0 Å². The van der Waals surface area contributed by atoms with Crippen LogP contribution in [0.1, 0.15) is 5.56 Å². The van der Waals surface area contributed by atoms with E-state index in [2.05, 4.69) is 28.7 Å². The second-order valence-corrected chi connectivity index (χ2v) is 5.75. The Hall–Kier alpha value is -0.310. The lowest BCUT2D eigenvalue weighted by molar-refractivity contribution is 1.50. The number of fused-ring (bicyclic) bond motifs is 1. The predicted octanol–water partition coefficient (Wildman–Crippen LogP) is 4.03. The van der Waals surface area contributed by atoms with E-state index in [-0.39, 0.29) is 0 Å². The molecular formula is C9H3ClINS. The molecule has 0 unspecified atom stereocenters. The Kier molecular flexibility index (Phi) is 2.45. The zero-order valence-electron chi connectivity index (χ0n) is 6.34. The van der Waals surface area contributed by atoms with Gasteiger partial charge >= 0.3 is 0 Å². The summed E-state index contributed by atoms with van der Waals surface area (Å²) in [5.41, 5.74) is 0.656. The van der Waals surface area contributed by atoms with Gasteiger partial charge in [-0.05, 0) is 40.8 Å². The molecule has 0 saturated carbocycles. The van der Waals surface area contributed by atoms with Crippen molar-refractivity contribution in [3.8, 4) is 6.07 Å². The highest BCUT2D eigenvalue weighted by Gasteiger charge is 2.07. The molecule has 64 valence electrons. The Morgan fingerprint density at radius 3 is 2.92 bits per heavy atom. The first-order chi connectivity index (χ1) is 6.22. The highest BCUT2D eigenvalue weighted by molar-refractivity contribution is 14.1. The molecule has 2 aromatic rings. The molecule has 0 aliphatic rings. The molecule has 1 heterocycles. The Labute approximate surface area is 98.1 Å². The van der Waals surface area contributed by atoms with Gasteiger partial charge in [0.15, 0.2) is 0 Å². The molecule has 1 aromatic carbocycles. The molecular weight excluding hydrogens is 317 g/mol. The van der Waals surface area contributed by atoms with Gasteiger partial charge in [0.05, 0.1) is 19.5 Å². The first-order valence-corrected chi connectivity index (χ1v) is 5.77. The first-order valence-electron chi connectivity index (χ1n) is 3.50. The maximum Gasteiger partial charge on any atom is 0.0991 e. The lowest BCUT2D eigenvalue weighted by Gasteiger charge is -1.90. The fraction of sp³-hybridized carbons (Fsp3) is 0. The van der Waals surface area contributed by atoms with Gasteiger partial charge in [0, 0.05) is 10.1 Å². The predicted molar refractivity (Wildman–Crippen MR) is 64.3 cm³/mol. The highest BCUT2D eigenvalue weighted by atomic mass is 127. The van der Waals surface area contributed by atoms with Gasteiger partial charge in [-0.25, -0.2) is 0 Å². The Balaban J connectivity index is 2.84. The third-order valence-corrected chi connectivity index (χ3v) is 4.70. The van der Waals surface area contributed by atoms with E-state index in [1.54, 1.807) is 11.3 Å². The summed E-state index contributed by atoms with van der Waals surface area (Å²) in [7, 11) is 0. The zero-order valence-corrected chi connectivity index (χ0v) is 10.1. The first kappa shape index (κ1) is 9.25. The van der Waals surface area contributed by atoms with Crippen LogP contribution in [0, 0.1) is 14.2 Å². The molecule has 0 bridgehead atoms. The summed E-state index contributed by atoms with van der Waals surface area (Å²) in [5, 5.41) is 10.4. The summed E-state index contributed by atoms with van der Waals surface area (Å²) >= 11 is 9.91. The second kappa shape index (κ2) is 3.45.